The van der Waals surface area contributed by atoms with Crippen LogP contribution in [0.3, 0.4) is 0 Å². The molecule has 5 nitrogen and oxygen atoms in total. The molecule has 1 aliphatic carbocycles. The zero-order chi connectivity index (χ0) is 19.2. The Morgan fingerprint density at radius 1 is 1.22 bits per heavy atom. The fourth-order valence-corrected chi connectivity index (χ4v) is 8.02. The molecule has 2 aromatic rings. The first-order valence-corrected chi connectivity index (χ1v) is 12.5. The molecule has 1 aliphatic heterocycles. The Balaban J connectivity index is 1.45. The van der Waals surface area contributed by atoms with Crippen LogP contribution >= 0.6 is 34.3 Å². The van der Waals surface area contributed by atoms with Gasteiger partial charge in [-0.25, -0.2) is 8.42 Å². The molecule has 1 amide bonds. The van der Waals surface area contributed by atoms with E-state index in [0.29, 0.717) is 36.4 Å². The van der Waals surface area contributed by atoms with Crippen molar-refractivity contribution in [2.24, 2.45) is 5.92 Å². The predicted octanol–water partition coefficient (Wildman–Crippen LogP) is 3.73. The molecule has 0 bridgehead atoms. The molecule has 1 atom stereocenters. The summed E-state index contributed by atoms with van der Waals surface area (Å²) in [4.78, 5) is 16.1. The summed E-state index contributed by atoms with van der Waals surface area (Å²) in [5.74, 6) is 0.719. The molecule has 1 fully saturated rings. The van der Waals surface area contributed by atoms with Gasteiger partial charge in [0.1, 0.15) is 4.21 Å². The summed E-state index contributed by atoms with van der Waals surface area (Å²) in [6.07, 6.45) is 3.15. The molecule has 4 rings (SSSR count). The Kier molecular flexibility index (Phi) is 5.37. The third-order valence-electron chi connectivity index (χ3n) is 5.30. The van der Waals surface area contributed by atoms with Gasteiger partial charge in [0.15, 0.2) is 0 Å². The minimum atomic E-state index is -3.53. The van der Waals surface area contributed by atoms with E-state index in [2.05, 4.69) is 6.92 Å². The summed E-state index contributed by atoms with van der Waals surface area (Å²) >= 11 is 8.63. The van der Waals surface area contributed by atoms with Crippen molar-refractivity contribution in [1.82, 2.24) is 9.21 Å². The molecule has 3 heterocycles. The fraction of sp³-hybridized carbons (Fsp3) is 0.500. The molecular formula is C18H21ClN2O3S3. The Morgan fingerprint density at radius 3 is 2.63 bits per heavy atom. The standard InChI is InChI=1S/C18H21ClN2O3S3/c1-12-2-3-13-14(11-25-15(13)10-12)18(22)20-6-8-21(9-7-20)27(23,24)17-5-4-16(19)26-17/h4-5,11-12H,2-3,6-10H2,1H3. The second kappa shape index (κ2) is 7.48. The summed E-state index contributed by atoms with van der Waals surface area (Å²) < 4.78 is 27.6. The van der Waals surface area contributed by atoms with Crippen LogP contribution in [0.15, 0.2) is 21.7 Å². The molecular weight excluding hydrogens is 424 g/mol. The molecule has 27 heavy (non-hydrogen) atoms. The van der Waals surface area contributed by atoms with E-state index in [-0.39, 0.29) is 10.1 Å². The number of fused-ring (bicyclic) bond motifs is 1. The summed E-state index contributed by atoms with van der Waals surface area (Å²) in [5.41, 5.74) is 2.04. The van der Waals surface area contributed by atoms with E-state index in [9.17, 15) is 13.2 Å². The van der Waals surface area contributed by atoms with Gasteiger partial charge in [0.25, 0.3) is 15.9 Å². The van der Waals surface area contributed by atoms with E-state index in [1.165, 1.54) is 14.7 Å². The molecule has 0 N–H and O–H groups in total. The lowest BCUT2D eigenvalue weighted by Crippen LogP contribution is -2.50. The van der Waals surface area contributed by atoms with E-state index in [4.69, 9.17) is 11.6 Å². The van der Waals surface area contributed by atoms with Gasteiger partial charge in [-0.15, -0.1) is 22.7 Å². The van der Waals surface area contributed by atoms with Crippen molar-refractivity contribution in [3.05, 3.63) is 37.9 Å². The number of carbonyl (C=O) groups is 1. The average Bonchev–Trinajstić information content (AvgIpc) is 3.27. The van der Waals surface area contributed by atoms with Crippen LogP contribution < -0.4 is 0 Å². The third kappa shape index (κ3) is 3.70. The fourth-order valence-electron chi connectivity index (χ4n) is 3.72. The Labute approximate surface area is 172 Å². The maximum Gasteiger partial charge on any atom is 0.255 e. The lowest BCUT2D eigenvalue weighted by atomic mass is 9.88. The highest BCUT2D eigenvalue weighted by Crippen LogP contribution is 2.34. The first-order valence-electron chi connectivity index (χ1n) is 9.00. The van der Waals surface area contributed by atoms with Gasteiger partial charge in [0, 0.05) is 36.4 Å². The first kappa shape index (κ1) is 19.4. The van der Waals surface area contributed by atoms with Crippen LogP contribution in [0.2, 0.25) is 4.34 Å². The molecule has 2 aromatic heterocycles. The number of thiophene rings is 2. The Hall–Kier alpha value is -0.930. The lowest BCUT2D eigenvalue weighted by molar-refractivity contribution is 0.0697. The van der Waals surface area contributed by atoms with Crippen molar-refractivity contribution in [2.45, 2.75) is 30.4 Å². The van der Waals surface area contributed by atoms with E-state index in [0.717, 1.165) is 36.2 Å². The minimum Gasteiger partial charge on any atom is -0.336 e. The molecule has 0 spiro atoms. The van der Waals surface area contributed by atoms with E-state index in [1.54, 1.807) is 28.4 Å². The normalized spacial score (nSPS) is 21.3. The topological polar surface area (TPSA) is 57.7 Å². The molecule has 0 aromatic carbocycles. The number of amides is 1. The summed E-state index contributed by atoms with van der Waals surface area (Å²) in [6.45, 7) is 3.71. The van der Waals surface area contributed by atoms with Gasteiger partial charge in [0.05, 0.1) is 9.90 Å². The van der Waals surface area contributed by atoms with Gasteiger partial charge in [-0.3, -0.25) is 4.79 Å². The third-order valence-corrected chi connectivity index (χ3v) is 9.95. The second-order valence-electron chi connectivity index (χ2n) is 7.15. The number of sulfonamides is 1. The van der Waals surface area contributed by atoms with E-state index in [1.807, 2.05) is 5.38 Å². The summed E-state index contributed by atoms with van der Waals surface area (Å²) in [6, 6.07) is 3.14. The lowest BCUT2D eigenvalue weighted by Gasteiger charge is -2.34. The predicted molar refractivity (Wildman–Crippen MR) is 109 cm³/mol. The van der Waals surface area contributed by atoms with Crippen molar-refractivity contribution in [1.29, 1.82) is 0 Å². The van der Waals surface area contributed by atoms with E-state index < -0.39 is 10.0 Å². The van der Waals surface area contributed by atoms with Crippen molar-refractivity contribution >= 4 is 50.2 Å². The zero-order valence-electron chi connectivity index (χ0n) is 15.0. The number of halogens is 1. The highest BCUT2D eigenvalue weighted by molar-refractivity contribution is 7.91. The van der Waals surface area contributed by atoms with Crippen LogP contribution in [0.1, 0.15) is 34.1 Å². The molecule has 146 valence electrons. The van der Waals surface area contributed by atoms with Crippen LogP contribution in [-0.2, 0) is 22.9 Å². The summed E-state index contributed by atoms with van der Waals surface area (Å²) in [5, 5.41) is 1.99. The summed E-state index contributed by atoms with van der Waals surface area (Å²) in [7, 11) is -3.53. The highest BCUT2D eigenvalue weighted by atomic mass is 35.5. The quantitative estimate of drug-likeness (QED) is 0.724. The van der Waals surface area contributed by atoms with Crippen molar-refractivity contribution in [3.8, 4) is 0 Å². The number of rotatable bonds is 3. The van der Waals surface area contributed by atoms with Gasteiger partial charge in [-0.2, -0.15) is 4.31 Å². The first-order chi connectivity index (χ1) is 12.9. The molecule has 0 saturated carbocycles. The maximum atomic E-state index is 13.0. The van der Waals surface area contributed by atoms with Gasteiger partial charge in [-0.1, -0.05) is 18.5 Å². The monoisotopic (exact) mass is 444 g/mol. The second-order valence-corrected chi connectivity index (χ2v) is 12.0. The zero-order valence-corrected chi connectivity index (χ0v) is 18.2. The average molecular weight is 445 g/mol. The van der Waals surface area contributed by atoms with Crippen LogP contribution in [0.4, 0.5) is 0 Å². The number of hydrogen-bond donors (Lipinski definition) is 0. The SMILES string of the molecule is CC1CCc2c(C(=O)N3CCN(S(=O)(=O)c4ccc(Cl)s4)CC3)csc2C1. The van der Waals surface area contributed by atoms with Crippen LogP contribution in [0.25, 0.3) is 0 Å². The molecule has 2 aliphatic rings. The molecule has 1 unspecified atom stereocenters. The Bertz CT molecular complexity index is 958. The van der Waals surface area contributed by atoms with Crippen LogP contribution in [-0.4, -0.2) is 49.7 Å². The highest BCUT2D eigenvalue weighted by Gasteiger charge is 2.33. The van der Waals surface area contributed by atoms with Crippen molar-refractivity contribution in [3.63, 3.8) is 0 Å². The smallest absolute Gasteiger partial charge is 0.255 e. The molecule has 1 saturated heterocycles. The van der Waals surface area contributed by atoms with Gasteiger partial charge in [0.2, 0.25) is 0 Å². The number of hydrogen-bond acceptors (Lipinski definition) is 5. The maximum absolute atomic E-state index is 13.0. The van der Waals surface area contributed by atoms with Crippen LogP contribution in [0, 0.1) is 5.92 Å². The Morgan fingerprint density at radius 2 is 1.96 bits per heavy atom. The van der Waals surface area contributed by atoms with E-state index >= 15 is 0 Å². The molecule has 0 radical (unpaired) electrons. The van der Waals surface area contributed by atoms with Crippen LogP contribution in [0.5, 0.6) is 0 Å². The number of nitrogens with zero attached hydrogens (tertiary/aromatic N) is 2. The van der Waals surface area contributed by atoms with Gasteiger partial charge < -0.3 is 4.90 Å². The van der Waals surface area contributed by atoms with Gasteiger partial charge >= 0.3 is 0 Å². The van der Waals surface area contributed by atoms with Gasteiger partial charge in [-0.05, 0) is 42.9 Å². The van der Waals surface area contributed by atoms with Crippen molar-refractivity contribution < 1.29 is 13.2 Å². The van der Waals surface area contributed by atoms with Crippen molar-refractivity contribution in [2.75, 3.05) is 26.2 Å². The number of carbonyl (C=O) groups excluding carboxylic acids is 1. The largest absolute Gasteiger partial charge is 0.336 e. The minimum absolute atomic E-state index is 0.0401. The molecule has 9 heteroatoms. The number of piperazine rings is 1.